The van der Waals surface area contributed by atoms with Crippen molar-refractivity contribution in [3.63, 3.8) is 0 Å². The van der Waals surface area contributed by atoms with E-state index < -0.39 is 6.10 Å². The maximum Gasteiger partial charge on any atom is 0.265 e. The lowest BCUT2D eigenvalue weighted by atomic mass is 9.95. The molecule has 1 unspecified atom stereocenters. The average molecular weight is 401 g/mol. The van der Waals surface area contributed by atoms with E-state index in [4.69, 9.17) is 16.3 Å². The molecule has 6 heteroatoms. The summed E-state index contributed by atoms with van der Waals surface area (Å²) in [7, 11) is 0. The number of nitrogens with one attached hydrogen (secondary N) is 2. The normalized spacial score (nSPS) is 15.5. The molecule has 2 aromatic rings. The van der Waals surface area contributed by atoms with Gasteiger partial charge in [-0.2, -0.15) is 0 Å². The van der Waals surface area contributed by atoms with E-state index in [0.29, 0.717) is 22.0 Å². The summed E-state index contributed by atoms with van der Waals surface area (Å²) in [5.74, 6) is 0.168. The van der Waals surface area contributed by atoms with E-state index in [1.807, 2.05) is 0 Å². The van der Waals surface area contributed by atoms with Crippen molar-refractivity contribution in [3.8, 4) is 5.75 Å². The van der Waals surface area contributed by atoms with E-state index in [1.54, 1.807) is 55.5 Å². The maximum atomic E-state index is 12.5. The van der Waals surface area contributed by atoms with Crippen LogP contribution in [0.25, 0.3) is 0 Å². The highest BCUT2D eigenvalue weighted by atomic mass is 35.5. The molecule has 0 aromatic heterocycles. The Morgan fingerprint density at radius 2 is 1.79 bits per heavy atom. The van der Waals surface area contributed by atoms with E-state index in [-0.39, 0.29) is 17.9 Å². The molecule has 1 aliphatic rings. The van der Waals surface area contributed by atoms with Crippen LogP contribution in [0, 0.1) is 0 Å². The molecule has 1 aliphatic carbocycles. The molecule has 0 heterocycles. The fourth-order valence-corrected chi connectivity index (χ4v) is 3.39. The summed E-state index contributed by atoms with van der Waals surface area (Å²) in [6.07, 6.45) is 4.92. The first-order valence-electron chi connectivity index (χ1n) is 9.65. The monoisotopic (exact) mass is 400 g/mol. The molecule has 5 nitrogen and oxygen atoms in total. The van der Waals surface area contributed by atoms with Crippen molar-refractivity contribution in [3.05, 3.63) is 59.1 Å². The Labute approximate surface area is 170 Å². The van der Waals surface area contributed by atoms with Crippen molar-refractivity contribution < 1.29 is 14.3 Å². The van der Waals surface area contributed by atoms with Crippen molar-refractivity contribution in [2.45, 2.75) is 51.2 Å². The maximum absolute atomic E-state index is 12.5. The first kappa shape index (κ1) is 20.2. The van der Waals surface area contributed by atoms with Gasteiger partial charge in [-0.1, -0.05) is 36.9 Å². The number of amides is 2. The molecule has 0 radical (unpaired) electrons. The lowest BCUT2D eigenvalue weighted by Crippen LogP contribution is -2.36. The predicted octanol–water partition coefficient (Wildman–Crippen LogP) is 4.81. The molecular weight excluding hydrogens is 376 g/mol. The molecule has 0 bridgehead atoms. The standard InChI is InChI=1S/C22H25ClN2O3/c1-15(28-20-12-10-17(23)11-13-20)21(26)25-19-9-5-6-16(14-19)22(27)24-18-7-3-2-4-8-18/h5-6,9-15,18H,2-4,7-8H2,1H3,(H,24,27)(H,25,26). The molecule has 0 spiro atoms. The zero-order valence-electron chi connectivity index (χ0n) is 15.9. The van der Waals surface area contributed by atoms with Crippen LogP contribution in [0.15, 0.2) is 48.5 Å². The first-order chi connectivity index (χ1) is 13.5. The number of halogens is 1. The zero-order valence-corrected chi connectivity index (χ0v) is 16.7. The topological polar surface area (TPSA) is 67.4 Å². The summed E-state index contributed by atoms with van der Waals surface area (Å²) >= 11 is 5.85. The number of hydrogen-bond acceptors (Lipinski definition) is 3. The fraction of sp³-hybridized carbons (Fsp3) is 0.364. The summed E-state index contributed by atoms with van der Waals surface area (Å²) in [6, 6.07) is 14.0. The average Bonchev–Trinajstić information content (AvgIpc) is 2.70. The quantitative estimate of drug-likeness (QED) is 0.731. The van der Waals surface area contributed by atoms with Gasteiger partial charge in [0.2, 0.25) is 0 Å². The second-order valence-corrected chi connectivity index (χ2v) is 7.53. The Hall–Kier alpha value is -2.53. The van der Waals surface area contributed by atoms with Crippen LogP contribution >= 0.6 is 11.6 Å². The van der Waals surface area contributed by atoms with Gasteiger partial charge in [0, 0.05) is 22.3 Å². The molecule has 2 aromatic carbocycles. The molecule has 28 heavy (non-hydrogen) atoms. The van der Waals surface area contributed by atoms with Crippen LogP contribution in [0.4, 0.5) is 5.69 Å². The lowest BCUT2D eigenvalue weighted by Gasteiger charge is -2.22. The van der Waals surface area contributed by atoms with Crippen molar-refractivity contribution in [1.82, 2.24) is 5.32 Å². The van der Waals surface area contributed by atoms with Crippen LogP contribution in [-0.2, 0) is 4.79 Å². The minimum atomic E-state index is -0.694. The Morgan fingerprint density at radius 3 is 2.50 bits per heavy atom. The number of carbonyl (C=O) groups excluding carboxylic acids is 2. The van der Waals surface area contributed by atoms with Gasteiger partial charge in [-0.05, 0) is 62.2 Å². The van der Waals surface area contributed by atoms with E-state index in [9.17, 15) is 9.59 Å². The van der Waals surface area contributed by atoms with Gasteiger partial charge in [0.05, 0.1) is 0 Å². The van der Waals surface area contributed by atoms with Crippen LogP contribution in [0.3, 0.4) is 0 Å². The SMILES string of the molecule is CC(Oc1ccc(Cl)cc1)C(=O)Nc1cccc(C(=O)NC2CCCCC2)c1. The van der Waals surface area contributed by atoms with Gasteiger partial charge in [0.25, 0.3) is 11.8 Å². The number of hydrogen-bond donors (Lipinski definition) is 2. The van der Waals surface area contributed by atoms with Gasteiger partial charge in [0.15, 0.2) is 6.10 Å². The number of ether oxygens (including phenoxy) is 1. The molecule has 148 valence electrons. The zero-order chi connectivity index (χ0) is 19.9. The van der Waals surface area contributed by atoms with Crippen molar-refractivity contribution in [2.24, 2.45) is 0 Å². The van der Waals surface area contributed by atoms with Crippen LogP contribution in [-0.4, -0.2) is 24.0 Å². The van der Waals surface area contributed by atoms with Crippen molar-refractivity contribution >= 4 is 29.1 Å². The molecular formula is C22H25ClN2O3. The van der Waals surface area contributed by atoms with Gasteiger partial charge < -0.3 is 15.4 Å². The van der Waals surface area contributed by atoms with E-state index in [0.717, 1.165) is 25.7 Å². The lowest BCUT2D eigenvalue weighted by molar-refractivity contribution is -0.122. The summed E-state index contributed by atoms with van der Waals surface area (Å²) in [6.45, 7) is 1.67. The first-order valence-corrected chi connectivity index (χ1v) is 10.0. The third-order valence-corrected chi connectivity index (χ3v) is 5.08. The highest BCUT2D eigenvalue weighted by molar-refractivity contribution is 6.30. The number of carbonyl (C=O) groups is 2. The molecule has 3 rings (SSSR count). The second-order valence-electron chi connectivity index (χ2n) is 7.09. The summed E-state index contributed by atoms with van der Waals surface area (Å²) < 4.78 is 5.63. The Bertz CT molecular complexity index is 817. The predicted molar refractivity (Wildman–Crippen MR) is 111 cm³/mol. The Morgan fingerprint density at radius 1 is 1.07 bits per heavy atom. The van der Waals surface area contributed by atoms with Crippen molar-refractivity contribution in [1.29, 1.82) is 0 Å². The van der Waals surface area contributed by atoms with Crippen molar-refractivity contribution in [2.75, 3.05) is 5.32 Å². The minimum absolute atomic E-state index is 0.103. The van der Waals surface area contributed by atoms with Gasteiger partial charge in [0.1, 0.15) is 5.75 Å². The molecule has 1 fully saturated rings. The number of anilines is 1. The van der Waals surface area contributed by atoms with Crippen LogP contribution < -0.4 is 15.4 Å². The van der Waals surface area contributed by atoms with E-state index in [1.165, 1.54) is 6.42 Å². The van der Waals surface area contributed by atoms with Gasteiger partial charge in [-0.15, -0.1) is 0 Å². The molecule has 2 amide bonds. The smallest absolute Gasteiger partial charge is 0.265 e. The highest BCUT2D eigenvalue weighted by Crippen LogP contribution is 2.19. The summed E-state index contributed by atoms with van der Waals surface area (Å²) in [5.41, 5.74) is 1.10. The fourth-order valence-electron chi connectivity index (χ4n) is 3.27. The van der Waals surface area contributed by atoms with E-state index in [2.05, 4.69) is 10.6 Å². The highest BCUT2D eigenvalue weighted by Gasteiger charge is 2.18. The third-order valence-electron chi connectivity index (χ3n) is 4.83. The van der Waals surface area contributed by atoms with Gasteiger partial charge >= 0.3 is 0 Å². The number of rotatable bonds is 6. The Balaban J connectivity index is 1.57. The van der Waals surface area contributed by atoms with E-state index >= 15 is 0 Å². The molecule has 1 atom stereocenters. The molecule has 1 saturated carbocycles. The second kappa shape index (κ2) is 9.60. The Kier molecular flexibility index (Phi) is 6.93. The third kappa shape index (κ3) is 5.73. The summed E-state index contributed by atoms with van der Waals surface area (Å²) in [4.78, 5) is 24.9. The van der Waals surface area contributed by atoms with Crippen LogP contribution in [0.1, 0.15) is 49.4 Å². The molecule has 0 saturated heterocycles. The number of benzene rings is 2. The largest absolute Gasteiger partial charge is 0.481 e. The van der Waals surface area contributed by atoms with Crippen LogP contribution in [0.2, 0.25) is 5.02 Å². The van der Waals surface area contributed by atoms with Crippen LogP contribution in [0.5, 0.6) is 5.75 Å². The summed E-state index contributed by atoms with van der Waals surface area (Å²) in [5, 5.41) is 6.50. The molecule has 2 N–H and O–H groups in total. The molecule has 0 aliphatic heterocycles. The van der Waals surface area contributed by atoms with Gasteiger partial charge in [-0.3, -0.25) is 9.59 Å². The van der Waals surface area contributed by atoms with Gasteiger partial charge in [-0.25, -0.2) is 0 Å². The minimum Gasteiger partial charge on any atom is -0.481 e.